The summed E-state index contributed by atoms with van der Waals surface area (Å²) < 4.78 is 1.72. The molecule has 0 aliphatic heterocycles. The predicted molar refractivity (Wildman–Crippen MR) is 74.8 cm³/mol. The highest BCUT2D eigenvalue weighted by atomic mass is 32.1. The molecule has 1 atom stereocenters. The summed E-state index contributed by atoms with van der Waals surface area (Å²) in [5.41, 5.74) is 0.613. The van der Waals surface area contributed by atoms with Crippen LogP contribution >= 0.6 is 11.3 Å². The largest absolute Gasteiger partial charge is 0.481 e. The van der Waals surface area contributed by atoms with E-state index in [1.807, 2.05) is 0 Å². The molecule has 0 aliphatic carbocycles. The molecule has 8 heteroatoms. The van der Waals surface area contributed by atoms with Crippen molar-refractivity contribution in [2.24, 2.45) is 0 Å². The van der Waals surface area contributed by atoms with E-state index in [1.54, 1.807) is 40.5 Å². The van der Waals surface area contributed by atoms with E-state index in [-0.39, 0.29) is 0 Å². The number of amides is 1. The van der Waals surface area contributed by atoms with Gasteiger partial charge in [0.15, 0.2) is 0 Å². The number of carboxylic acid groups (broad SMARTS) is 2. The van der Waals surface area contributed by atoms with Gasteiger partial charge in [-0.15, -0.1) is 11.3 Å². The van der Waals surface area contributed by atoms with Crippen molar-refractivity contribution in [3.63, 3.8) is 0 Å². The van der Waals surface area contributed by atoms with Gasteiger partial charge in [-0.3, -0.25) is 9.59 Å². The van der Waals surface area contributed by atoms with Crippen LogP contribution in [0.2, 0.25) is 0 Å². The Balaban J connectivity index is 2.19. The number of aromatic nitrogens is 1. The van der Waals surface area contributed by atoms with Gasteiger partial charge in [0.2, 0.25) is 0 Å². The SMILES string of the molecule is O=C(O)C[C@@H](NC(=O)c1sccc1-n1cccc1)C(=O)O. The van der Waals surface area contributed by atoms with Crippen LogP contribution in [-0.2, 0) is 9.59 Å². The second-order valence-electron chi connectivity index (χ2n) is 4.19. The number of nitrogens with zero attached hydrogens (tertiary/aromatic N) is 1. The lowest BCUT2D eigenvalue weighted by molar-refractivity contribution is -0.145. The minimum atomic E-state index is -1.46. The molecule has 7 nitrogen and oxygen atoms in total. The zero-order valence-electron chi connectivity index (χ0n) is 10.7. The minimum Gasteiger partial charge on any atom is -0.481 e. The fourth-order valence-corrected chi connectivity index (χ4v) is 2.56. The number of carbonyl (C=O) groups excluding carboxylic acids is 1. The van der Waals surface area contributed by atoms with Crippen molar-refractivity contribution in [1.82, 2.24) is 9.88 Å². The average Bonchev–Trinajstić information content (AvgIpc) is 3.07. The molecule has 0 saturated carbocycles. The topological polar surface area (TPSA) is 109 Å². The molecule has 0 radical (unpaired) electrons. The summed E-state index contributed by atoms with van der Waals surface area (Å²) in [6, 6.07) is 3.86. The number of hydrogen-bond acceptors (Lipinski definition) is 4. The maximum absolute atomic E-state index is 12.1. The summed E-state index contributed by atoms with van der Waals surface area (Å²) in [5, 5.41) is 21.5. The van der Waals surface area contributed by atoms with Crippen LogP contribution in [0.3, 0.4) is 0 Å². The number of carboxylic acids is 2. The molecule has 0 spiro atoms. The van der Waals surface area contributed by atoms with Crippen molar-refractivity contribution in [2.75, 3.05) is 0 Å². The quantitative estimate of drug-likeness (QED) is 0.743. The lowest BCUT2D eigenvalue weighted by Gasteiger charge is -2.12. The number of aliphatic carboxylic acids is 2. The summed E-state index contributed by atoms with van der Waals surface area (Å²) in [4.78, 5) is 34.1. The van der Waals surface area contributed by atoms with Crippen molar-refractivity contribution in [1.29, 1.82) is 0 Å². The van der Waals surface area contributed by atoms with Crippen LogP contribution in [0.5, 0.6) is 0 Å². The van der Waals surface area contributed by atoms with Crippen LogP contribution in [0.15, 0.2) is 36.0 Å². The third kappa shape index (κ3) is 3.48. The normalized spacial score (nSPS) is 11.8. The average molecular weight is 308 g/mol. The molecule has 3 N–H and O–H groups in total. The summed E-state index contributed by atoms with van der Waals surface area (Å²) in [7, 11) is 0. The smallest absolute Gasteiger partial charge is 0.326 e. The molecule has 2 aromatic heterocycles. The van der Waals surface area contributed by atoms with Gasteiger partial charge in [0.1, 0.15) is 10.9 Å². The Morgan fingerprint density at radius 2 is 1.90 bits per heavy atom. The molecular weight excluding hydrogens is 296 g/mol. The van der Waals surface area contributed by atoms with Crippen LogP contribution in [0, 0.1) is 0 Å². The second kappa shape index (κ2) is 6.23. The zero-order valence-corrected chi connectivity index (χ0v) is 11.5. The first-order valence-electron chi connectivity index (χ1n) is 5.95. The molecule has 0 unspecified atom stereocenters. The lowest BCUT2D eigenvalue weighted by Crippen LogP contribution is -2.42. The van der Waals surface area contributed by atoms with Crippen LogP contribution < -0.4 is 5.32 Å². The Morgan fingerprint density at radius 3 is 2.48 bits per heavy atom. The molecule has 0 saturated heterocycles. The van der Waals surface area contributed by atoms with Gasteiger partial charge in [-0.2, -0.15) is 0 Å². The van der Waals surface area contributed by atoms with E-state index in [9.17, 15) is 14.4 Å². The van der Waals surface area contributed by atoms with Gasteiger partial charge in [-0.1, -0.05) is 0 Å². The summed E-state index contributed by atoms with van der Waals surface area (Å²) in [5.74, 6) is -3.29. The zero-order chi connectivity index (χ0) is 15.4. The van der Waals surface area contributed by atoms with Gasteiger partial charge < -0.3 is 20.1 Å². The van der Waals surface area contributed by atoms with Crippen molar-refractivity contribution >= 4 is 29.2 Å². The summed E-state index contributed by atoms with van der Waals surface area (Å²) in [6.07, 6.45) is 2.83. The molecule has 21 heavy (non-hydrogen) atoms. The first-order valence-corrected chi connectivity index (χ1v) is 6.83. The van der Waals surface area contributed by atoms with E-state index in [0.29, 0.717) is 10.6 Å². The lowest BCUT2D eigenvalue weighted by atomic mass is 10.2. The maximum Gasteiger partial charge on any atom is 0.326 e. The first-order chi connectivity index (χ1) is 9.99. The second-order valence-corrected chi connectivity index (χ2v) is 5.10. The molecule has 0 fully saturated rings. The maximum atomic E-state index is 12.1. The molecule has 0 aliphatic rings. The monoisotopic (exact) mass is 308 g/mol. The van der Waals surface area contributed by atoms with E-state index >= 15 is 0 Å². The Labute approximate surface area is 123 Å². The highest BCUT2D eigenvalue weighted by Gasteiger charge is 2.25. The number of carbonyl (C=O) groups is 3. The third-order valence-electron chi connectivity index (χ3n) is 2.72. The highest BCUT2D eigenvalue weighted by molar-refractivity contribution is 7.12. The van der Waals surface area contributed by atoms with Gasteiger partial charge in [0, 0.05) is 12.4 Å². The molecule has 2 aromatic rings. The molecule has 2 heterocycles. The van der Waals surface area contributed by atoms with E-state index in [0.717, 1.165) is 11.3 Å². The molecule has 0 aromatic carbocycles. The fraction of sp³-hybridized carbons (Fsp3) is 0.154. The van der Waals surface area contributed by atoms with E-state index in [1.165, 1.54) is 0 Å². The number of hydrogen-bond donors (Lipinski definition) is 3. The molecule has 1 amide bonds. The van der Waals surface area contributed by atoms with Crippen molar-refractivity contribution < 1.29 is 24.6 Å². The summed E-state index contributed by atoms with van der Waals surface area (Å²) in [6.45, 7) is 0. The molecule has 0 bridgehead atoms. The van der Waals surface area contributed by atoms with Crippen molar-refractivity contribution in [3.8, 4) is 5.69 Å². The van der Waals surface area contributed by atoms with E-state index < -0.39 is 30.3 Å². The fourth-order valence-electron chi connectivity index (χ4n) is 1.77. The van der Waals surface area contributed by atoms with Crippen LogP contribution in [0.4, 0.5) is 0 Å². The molecule has 110 valence electrons. The Morgan fingerprint density at radius 1 is 1.24 bits per heavy atom. The van der Waals surface area contributed by atoms with Gasteiger partial charge in [0.05, 0.1) is 12.1 Å². The van der Waals surface area contributed by atoms with E-state index in [2.05, 4.69) is 5.32 Å². The standard InChI is InChI=1S/C13H12N2O5S/c16-10(17)7-8(13(19)20)14-12(18)11-9(3-6-21-11)15-4-1-2-5-15/h1-6,8H,7H2,(H,14,18)(H,16,17)(H,19,20)/t8-/m1/s1. The Hall–Kier alpha value is -2.61. The summed E-state index contributed by atoms with van der Waals surface area (Å²) >= 11 is 1.16. The molecule has 2 rings (SSSR count). The predicted octanol–water partition coefficient (Wildman–Crippen LogP) is 1.20. The third-order valence-corrected chi connectivity index (χ3v) is 3.62. The highest BCUT2D eigenvalue weighted by Crippen LogP contribution is 2.21. The number of nitrogens with one attached hydrogen (secondary N) is 1. The van der Waals surface area contributed by atoms with Gasteiger partial charge in [0.25, 0.3) is 5.91 Å². The van der Waals surface area contributed by atoms with Gasteiger partial charge >= 0.3 is 11.9 Å². The minimum absolute atomic E-state index is 0.322. The van der Waals surface area contributed by atoms with Crippen LogP contribution in [-0.4, -0.2) is 38.7 Å². The van der Waals surface area contributed by atoms with Crippen molar-refractivity contribution in [3.05, 3.63) is 40.8 Å². The van der Waals surface area contributed by atoms with Gasteiger partial charge in [-0.05, 0) is 23.6 Å². The van der Waals surface area contributed by atoms with Gasteiger partial charge in [-0.25, -0.2) is 4.79 Å². The molecular formula is C13H12N2O5S. The van der Waals surface area contributed by atoms with E-state index in [4.69, 9.17) is 10.2 Å². The number of rotatable bonds is 6. The number of thiophene rings is 1. The Kier molecular flexibility index (Phi) is 4.39. The first kappa shape index (κ1) is 14.8. The van der Waals surface area contributed by atoms with Crippen LogP contribution in [0.1, 0.15) is 16.1 Å². The van der Waals surface area contributed by atoms with Crippen molar-refractivity contribution in [2.45, 2.75) is 12.5 Å². The van der Waals surface area contributed by atoms with Crippen LogP contribution in [0.25, 0.3) is 5.69 Å². The Bertz CT molecular complexity index is 662.